The van der Waals surface area contributed by atoms with Gasteiger partial charge < -0.3 is 4.90 Å². The smallest absolute Gasteiger partial charge is 0.254 e. The summed E-state index contributed by atoms with van der Waals surface area (Å²) in [7, 11) is 0. The third kappa shape index (κ3) is 3.85. The molecule has 3 heteroatoms. The summed E-state index contributed by atoms with van der Waals surface area (Å²) in [6.07, 6.45) is 0. The first kappa shape index (κ1) is 16.7. The first-order valence-corrected chi connectivity index (χ1v) is 8.67. The maximum atomic E-state index is 12.7. The molecule has 1 aliphatic rings. The Labute approximate surface area is 144 Å². The van der Waals surface area contributed by atoms with Crippen molar-refractivity contribution in [1.82, 2.24) is 9.80 Å². The van der Waals surface area contributed by atoms with E-state index in [0.717, 1.165) is 43.9 Å². The summed E-state index contributed by atoms with van der Waals surface area (Å²) in [5.41, 5.74) is 5.77. The van der Waals surface area contributed by atoms with Crippen LogP contribution in [-0.2, 0) is 6.54 Å². The molecule has 0 aliphatic carbocycles. The summed E-state index contributed by atoms with van der Waals surface area (Å²) in [4.78, 5) is 17.2. The molecule has 0 atom stereocenters. The topological polar surface area (TPSA) is 23.6 Å². The van der Waals surface area contributed by atoms with Crippen LogP contribution in [0.2, 0.25) is 0 Å². The second kappa shape index (κ2) is 7.18. The zero-order valence-electron chi connectivity index (χ0n) is 14.9. The molecule has 1 aliphatic heterocycles. The van der Waals surface area contributed by atoms with Crippen LogP contribution in [0.5, 0.6) is 0 Å². The predicted octanol–water partition coefficient (Wildman–Crippen LogP) is 3.57. The Bertz CT molecular complexity index is 730. The molecule has 3 nitrogen and oxygen atoms in total. The second-order valence-electron chi connectivity index (χ2n) is 6.88. The minimum absolute atomic E-state index is 0.169. The number of nitrogens with zero attached hydrogens (tertiary/aromatic N) is 2. The van der Waals surface area contributed by atoms with Crippen LogP contribution in [0.1, 0.15) is 32.6 Å². The van der Waals surface area contributed by atoms with E-state index in [0.29, 0.717) is 0 Å². The molecule has 1 amide bonds. The number of hydrogen-bond acceptors (Lipinski definition) is 2. The summed E-state index contributed by atoms with van der Waals surface area (Å²) >= 11 is 0. The van der Waals surface area contributed by atoms with Crippen molar-refractivity contribution in [2.24, 2.45) is 0 Å². The van der Waals surface area contributed by atoms with Gasteiger partial charge in [0.15, 0.2) is 0 Å². The van der Waals surface area contributed by atoms with Crippen LogP contribution in [0, 0.1) is 20.8 Å². The molecule has 1 heterocycles. The summed E-state index contributed by atoms with van der Waals surface area (Å²) in [6, 6.07) is 14.7. The highest BCUT2D eigenvalue weighted by atomic mass is 16.2. The Kier molecular flexibility index (Phi) is 5.00. The Morgan fingerprint density at radius 3 is 2.29 bits per heavy atom. The normalized spacial score (nSPS) is 15.5. The standard InChI is InChI=1S/C21H26N2O/c1-16-5-4-6-19(14-16)15-22-9-11-23(12-10-22)21(24)20-8-7-17(2)13-18(20)3/h4-8,13-14H,9-12,15H2,1-3H3. The fraction of sp³-hybridized carbons (Fsp3) is 0.381. The van der Waals surface area contributed by atoms with Gasteiger partial charge in [-0.15, -0.1) is 0 Å². The van der Waals surface area contributed by atoms with Crippen LogP contribution in [0.25, 0.3) is 0 Å². The molecule has 0 N–H and O–H groups in total. The highest BCUT2D eigenvalue weighted by Gasteiger charge is 2.23. The van der Waals surface area contributed by atoms with E-state index < -0.39 is 0 Å². The van der Waals surface area contributed by atoms with Gasteiger partial charge in [0.1, 0.15) is 0 Å². The van der Waals surface area contributed by atoms with Gasteiger partial charge in [-0.3, -0.25) is 9.69 Å². The SMILES string of the molecule is Cc1cccc(CN2CCN(C(=O)c3ccc(C)cc3C)CC2)c1. The molecule has 0 aromatic heterocycles. The molecule has 1 saturated heterocycles. The molecule has 0 radical (unpaired) electrons. The van der Waals surface area contributed by atoms with Gasteiger partial charge in [-0.2, -0.15) is 0 Å². The summed E-state index contributed by atoms with van der Waals surface area (Å²) < 4.78 is 0. The van der Waals surface area contributed by atoms with Crippen molar-refractivity contribution in [3.8, 4) is 0 Å². The van der Waals surface area contributed by atoms with Crippen molar-refractivity contribution in [3.63, 3.8) is 0 Å². The van der Waals surface area contributed by atoms with E-state index in [9.17, 15) is 4.79 Å². The summed E-state index contributed by atoms with van der Waals surface area (Å²) in [5.74, 6) is 0.169. The first-order valence-electron chi connectivity index (χ1n) is 8.67. The molecule has 2 aromatic rings. The fourth-order valence-electron chi connectivity index (χ4n) is 3.40. The van der Waals surface area contributed by atoms with Gasteiger partial charge in [0.05, 0.1) is 0 Å². The van der Waals surface area contributed by atoms with Crippen LogP contribution in [0.3, 0.4) is 0 Å². The number of carbonyl (C=O) groups is 1. The monoisotopic (exact) mass is 322 g/mol. The van der Waals surface area contributed by atoms with Gasteiger partial charge in [0, 0.05) is 38.3 Å². The minimum Gasteiger partial charge on any atom is -0.336 e. The lowest BCUT2D eigenvalue weighted by Crippen LogP contribution is -2.48. The van der Waals surface area contributed by atoms with Crippen LogP contribution < -0.4 is 0 Å². The fourth-order valence-corrected chi connectivity index (χ4v) is 3.40. The van der Waals surface area contributed by atoms with E-state index in [4.69, 9.17) is 0 Å². The van der Waals surface area contributed by atoms with E-state index in [1.54, 1.807) is 0 Å². The van der Waals surface area contributed by atoms with Gasteiger partial charge in [-0.1, -0.05) is 47.5 Å². The van der Waals surface area contributed by atoms with Crippen molar-refractivity contribution < 1.29 is 4.79 Å². The predicted molar refractivity (Wildman–Crippen MR) is 98.3 cm³/mol. The number of rotatable bonds is 3. The lowest BCUT2D eigenvalue weighted by atomic mass is 10.0. The number of amides is 1. The van der Waals surface area contributed by atoms with Gasteiger partial charge in [0.2, 0.25) is 0 Å². The summed E-state index contributed by atoms with van der Waals surface area (Å²) in [5, 5.41) is 0. The van der Waals surface area contributed by atoms with Gasteiger partial charge in [-0.05, 0) is 38.0 Å². The highest BCUT2D eigenvalue weighted by molar-refractivity contribution is 5.95. The molecule has 0 bridgehead atoms. The maximum Gasteiger partial charge on any atom is 0.254 e. The van der Waals surface area contributed by atoms with Gasteiger partial charge >= 0.3 is 0 Å². The Balaban J connectivity index is 1.59. The zero-order valence-corrected chi connectivity index (χ0v) is 14.9. The molecule has 0 unspecified atom stereocenters. The maximum absolute atomic E-state index is 12.7. The lowest BCUT2D eigenvalue weighted by molar-refractivity contribution is 0.0628. The molecule has 126 valence electrons. The van der Waals surface area contributed by atoms with Gasteiger partial charge in [-0.25, -0.2) is 0 Å². The molecule has 24 heavy (non-hydrogen) atoms. The molecule has 3 rings (SSSR count). The second-order valence-corrected chi connectivity index (χ2v) is 6.88. The van der Waals surface area contributed by atoms with Gasteiger partial charge in [0.25, 0.3) is 5.91 Å². The van der Waals surface area contributed by atoms with E-state index >= 15 is 0 Å². The van der Waals surface area contributed by atoms with Crippen LogP contribution in [0.15, 0.2) is 42.5 Å². The lowest BCUT2D eigenvalue weighted by Gasteiger charge is -2.35. The number of carbonyl (C=O) groups excluding carboxylic acids is 1. The first-order chi connectivity index (χ1) is 11.5. The number of piperazine rings is 1. The van der Waals surface area contributed by atoms with Crippen LogP contribution in [-0.4, -0.2) is 41.9 Å². The van der Waals surface area contributed by atoms with Crippen molar-refractivity contribution in [2.75, 3.05) is 26.2 Å². The van der Waals surface area contributed by atoms with Crippen molar-refractivity contribution in [1.29, 1.82) is 0 Å². The average Bonchev–Trinajstić information content (AvgIpc) is 2.55. The quantitative estimate of drug-likeness (QED) is 0.862. The van der Waals surface area contributed by atoms with E-state index in [2.05, 4.69) is 49.1 Å². The molecule has 0 spiro atoms. The Hall–Kier alpha value is -2.13. The largest absolute Gasteiger partial charge is 0.336 e. The van der Waals surface area contributed by atoms with E-state index in [1.807, 2.05) is 24.0 Å². The third-order valence-electron chi connectivity index (χ3n) is 4.76. The van der Waals surface area contributed by atoms with Crippen molar-refractivity contribution in [3.05, 3.63) is 70.3 Å². The molecular formula is C21H26N2O. The average molecular weight is 322 g/mol. The minimum atomic E-state index is 0.169. The highest BCUT2D eigenvalue weighted by Crippen LogP contribution is 2.16. The third-order valence-corrected chi connectivity index (χ3v) is 4.76. The Morgan fingerprint density at radius 1 is 0.917 bits per heavy atom. The van der Waals surface area contributed by atoms with E-state index in [1.165, 1.54) is 16.7 Å². The van der Waals surface area contributed by atoms with Crippen molar-refractivity contribution >= 4 is 5.91 Å². The Morgan fingerprint density at radius 2 is 1.62 bits per heavy atom. The van der Waals surface area contributed by atoms with Crippen LogP contribution in [0.4, 0.5) is 0 Å². The summed E-state index contributed by atoms with van der Waals surface area (Å²) in [6.45, 7) is 10.7. The van der Waals surface area contributed by atoms with Crippen LogP contribution >= 0.6 is 0 Å². The zero-order chi connectivity index (χ0) is 17.1. The molecule has 2 aromatic carbocycles. The molecule has 1 fully saturated rings. The van der Waals surface area contributed by atoms with E-state index in [-0.39, 0.29) is 5.91 Å². The van der Waals surface area contributed by atoms with Crippen molar-refractivity contribution in [2.45, 2.75) is 27.3 Å². The number of benzene rings is 2. The molecular weight excluding hydrogens is 296 g/mol. The number of hydrogen-bond donors (Lipinski definition) is 0. The number of aryl methyl sites for hydroxylation is 3. The molecule has 0 saturated carbocycles.